The lowest BCUT2D eigenvalue weighted by Crippen LogP contribution is -2.49. The highest BCUT2D eigenvalue weighted by Crippen LogP contribution is 2.37. The lowest BCUT2D eigenvalue weighted by Gasteiger charge is -2.33. The molecule has 42 heavy (non-hydrogen) atoms. The fourth-order valence-corrected chi connectivity index (χ4v) is 6.75. The molecule has 0 bridgehead atoms. The molecule has 2 aliphatic heterocycles. The molecule has 0 unspecified atom stereocenters. The van der Waals surface area contributed by atoms with Gasteiger partial charge in [-0.25, -0.2) is 17.9 Å². The van der Waals surface area contributed by atoms with E-state index in [9.17, 15) is 12.8 Å². The van der Waals surface area contributed by atoms with Crippen LogP contribution in [0, 0.1) is 17.5 Å². The number of benzene rings is 2. The van der Waals surface area contributed by atoms with E-state index in [1.807, 2.05) is 0 Å². The third-order valence-electron chi connectivity index (χ3n) is 7.55. The maximum atomic E-state index is 16.0. The average molecular weight is 598 g/mol. The van der Waals surface area contributed by atoms with Crippen molar-refractivity contribution in [2.45, 2.75) is 25.8 Å². The van der Waals surface area contributed by atoms with Crippen molar-refractivity contribution in [2.24, 2.45) is 0 Å². The standard InChI is InChI=1S/C29H30F3N7O2S/c1-19-17-37(13-10-34-19)22-4-5-27(25(31)16-22)39-18-24(29(35-39)20-6-8-33-9-7-20)23-14-21(30)15-26(28(23)32)36-42(40,41)38-11-2-3-12-38/h4-9,14-16,18-19,34,36H,2-3,10-13,17H2,1H3/t19-/m1/s1. The summed E-state index contributed by atoms with van der Waals surface area (Å²) in [7, 11) is -4.08. The summed E-state index contributed by atoms with van der Waals surface area (Å²) in [5.74, 6) is -2.36. The number of halogens is 3. The number of nitrogens with zero attached hydrogens (tertiary/aromatic N) is 5. The summed E-state index contributed by atoms with van der Waals surface area (Å²) in [6.45, 7) is 4.94. The molecule has 2 N–H and O–H groups in total. The maximum Gasteiger partial charge on any atom is 0.301 e. The number of pyridine rings is 1. The number of hydrogen-bond acceptors (Lipinski definition) is 6. The molecule has 2 aromatic carbocycles. The minimum absolute atomic E-state index is 0.121. The van der Waals surface area contributed by atoms with Gasteiger partial charge < -0.3 is 10.2 Å². The van der Waals surface area contributed by atoms with Crippen LogP contribution in [0.4, 0.5) is 24.5 Å². The second-order valence-corrected chi connectivity index (χ2v) is 12.2. The number of nitrogens with one attached hydrogen (secondary N) is 2. The van der Waals surface area contributed by atoms with Crippen molar-refractivity contribution in [3.8, 4) is 28.1 Å². The van der Waals surface area contributed by atoms with Crippen LogP contribution in [0.25, 0.3) is 28.1 Å². The average Bonchev–Trinajstić information content (AvgIpc) is 3.67. The summed E-state index contributed by atoms with van der Waals surface area (Å²) in [5, 5.41) is 7.93. The summed E-state index contributed by atoms with van der Waals surface area (Å²) in [4.78, 5) is 6.11. The minimum Gasteiger partial charge on any atom is -0.369 e. The Morgan fingerprint density at radius 1 is 0.976 bits per heavy atom. The van der Waals surface area contributed by atoms with Crippen LogP contribution in [0.1, 0.15) is 19.8 Å². The maximum absolute atomic E-state index is 16.0. The van der Waals surface area contributed by atoms with Crippen LogP contribution in [-0.2, 0) is 10.2 Å². The Hall–Kier alpha value is -3.94. The van der Waals surface area contributed by atoms with E-state index in [0.29, 0.717) is 31.5 Å². The van der Waals surface area contributed by atoms with Gasteiger partial charge in [0.05, 0.1) is 5.69 Å². The lowest BCUT2D eigenvalue weighted by molar-refractivity contribution is 0.482. The van der Waals surface area contributed by atoms with Crippen LogP contribution in [-0.4, -0.2) is 66.3 Å². The molecule has 1 atom stereocenters. The van der Waals surface area contributed by atoms with Crippen molar-refractivity contribution >= 4 is 21.6 Å². The van der Waals surface area contributed by atoms with Crippen LogP contribution < -0.4 is 14.9 Å². The molecule has 2 aliphatic rings. The zero-order valence-electron chi connectivity index (χ0n) is 22.9. The van der Waals surface area contributed by atoms with E-state index in [1.165, 1.54) is 33.6 Å². The van der Waals surface area contributed by atoms with Crippen molar-refractivity contribution in [1.82, 2.24) is 24.4 Å². The molecule has 0 spiro atoms. The SMILES string of the molecule is C[C@@H]1CN(c2ccc(-n3cc(-c4cc(F)cc(NS(=O)(=O)N5CCCC5)c4F)c(-c4ccncc4)n3)c(F)c2)CCN1. The summed E-state index contributed by atoms with van der Waals surface area (Å²) in [5.41, 5.74) is 1.04. The fourth-order valence-electron chi connectivity index (χ4n) is 5.45. The molecule has 9 nitrogen and oxygen atoms in total. The second-order valence-electron chi connectivity index (χ2n) is 10.5. The van der Waals surface area contributed by atoms with Crippen molar-refractivity contribution in [1.29, 1.82) is 0 Å². The first-order valence-electron chi connectivity index (χ1n) is 13.8. The largest absolute Gasteiger partial charge is 0.369 e. The van der Waals surface area contributed by atoms with Crippen LogP contribution >= 0.6 is 0 Å². The van der Waals surface area contributed by atoms with Gasteiger partial charge in [0.1, 0.15) is 17.2 Å². The van der Waals surface area contributed by atoms with Gasteiger partial charge >= 0.3 is 10.2 Å². The van der Waals surface area contributed by atoms with Gasteiger partial charge in [-0.05, 0) is 56.2 Å². The third-order valence-corrected chi connectivity index (χ3v) is 9.07. The topological polar surface area (TPSA) is 95.4 Å². The molecule has 2 saturated heterocycles. The molecule has 0 saturated carbocycles. The van der Waals surface area contributed by atoms with E-state index in [1.54, 1.807) is 24.3 Å². The highest BCUT2D eigenvalue weighted by atomic mass is 32.2. The van der Waals surface area contributed by atoms with Gasteiger partial charge in [-0.2, -0.15) is 17.8 Å². The normalized spacial score (nSPS) is 18.0. The number of piperazine rings is 1. The van der Waals surface area contributed by atoms with E-state index in [0.717, 1.165) is 37.5 Å². The first-order chi connectivity index (χ1) is 20.2. The molecule has 2 aromatic heterocycles. The van der Waals surface area contributed by atoms with Gasteiger partial charge in [0.15, 0.2) is 11.6 Å². The molecule has 2 fully saturated rings. The van der Waals surface area contributed by atoms with E-state index >= 15 is 8.78 Å². The van der Waals surface area contributed by atoms with Crippen LogP contribution in [0.5, 0.6) is 0 Å². The predicted octanol–water partition coefficient (Wildman–Crippen LogP) is 4.57. The quantitative estimate of drug-likeness (QED) is 0.324. The van der Waals surface area contributed by atoms with E-state index < -0.39 is 33.3 Å². The van der Waals surface area contributed by atoms with Gasteiger partial charge in [-0.1, -0.05) is 0 Å². The summed E-state index contributed by atoms with van der Waals surface area (Å²) >= 11 is 0. The number of hydrogen-bond donors (Lipinski definition) is 2. The summed E-state index contributed by atoms with van der Waals surface area (Å²) in [6, 6.07) is 10.2. The zero-order valence-corrected chi connectivity index (χ0v) is 23.7. The molecule has 4 heterocycles. The molecule has 220 valence electrons. The molecule has 6 rings (SSSR count). The Bertz CT molecular complexity index is 1710. The third kappa shape index (κ3) is 5.59. The molecule has 4 aromatic rings. The highest BCUT2D eigenvalue weighted by Gasteiger charge is 2.28. The Morgan fingerprint density at radius 3 is 2.45 bits per heavy atom. The zero-order chi connectivity index (χ0) is 29.4. The van der Waals surface area contributed by atoms with Gasteiger partial charge in [0.2, 0.25) is 0 Å². The fraction of sp³-hybridized carbons (Fsp3) is 0.310. The number of rotatable bonds is 7. The van der Waals surface area contributed by atoms with Crippen LogP contribution in [0.2, 0.25) is 0 Å². The molecule has 0 aliphatic carbocycles. The van der Waals surface area contributed by atoms with E-state index in [2.05, 4.69) is 31.9 Å². The Kier molecular flexibility index (Phi) is 7.64. The van der Waals surface area contributed by atoms with Crippen LogP contribution in [0.3, 0.4) is 0 Å². The van der Waals surface area contributed by atoms with Crippen molar-refractivity contribution < 1.29 is 21.6 Å². The van der Waals surface area contributed by atoms with E-state index in [-0.39, 0.29) is 28.6 Å². The predicted molar refractivity (Wildman–Crippen MR) is 155 cm³/mol. The van der Waals surface area contributed by atoms with Gasteiger partial charge in [-0.3, -0.25) is 9.71 Å². The molecule has 0 radical (unpaired) electrons. The second kappa shape index (κ2) is 11.4. The van der Waals surface area contributed by atoms with Gasteiger partial charge in [0.25, 0.3) is 0 Å². The van der Waals surface area contributed by atoms with Gasteiger partial charge in [0, 0.05) is 85.8 Å². The summed E-state index contributed by atoms with van der Waals surface area (Å²) < 4.78 is 76.8. The minimum atomic E-state index is -4.08. The van der Waals surface area contributed by atoms with E-state index in [4.69, 9.17) is 0 Å². The first kappa shape index (κ1) is 28.2. The number of aromatic nitrogens is 3. The van der Waals surface area contributed by atoms with Gasteiger partial charge in [-0.15, -0.1) is 0 Å². The molecular weight excluding hydrogens is 567 g/mol. The van der Waals surface area contributed by atoms with Crippen LogP contribution in [0.15, 0.2) is 61.1 Å². The Morgan fingerprint density at radius 2 is 1.74 bits per heavy atom. The smallest absolute Gasteiger partial charge is 0.301 e. The Labute approximate surface area is 242 Å². The summed E-state index contributed by atoms with van der Waals surface area (Å²) in [6.07, 6.45) is 5.85. The lowest BCUT2D eigenvalue weighted by atomic mass is 10.0. The van der Waals surface area contributed by atoms with Crippen molar-refractivity contribution in [3.63, 3.8) is 0 Å². The van der Waals surface area contributed by atoms with Crippen molar-refractivity contribution in [3.05, 3.63) is 78.5 Å². The van der Waals surface area contributed by atoms with Crippen molar-refractivity contribution in [2.75, 3.05) is 42.3 Å². The number of anilines is 2. The molecule has 0 amide bonds. The monoisotopic (exact) mass is 597 g/mol. The Balaban J connectivity index is 1.42. The molecule has 13 heteroatoms. The molecular formula is C29H30F3N7O2S. The highest BCUT2D eigenvalue weighted by molar-refractivity contribution is 7.90. The first-order valence-corrected chi connectivity index (χ1v) is 15.2.